The number of nitrogens with zero attached hydrogens (tertiary/aromatic N) is 3. The molecule has 10 heteroatoms. The van der Waals surface area contributed by atoms with Crippen LogP contribution in [0.2, 0.25) is 4.34 Å². The maximum Gasteiger partial charge on any atom is 0.235 e. The van der Waals surface area contributed by atoms with Gasteiger partial charge in [0.05, 0.1) is 33.3 Å². The molecule has 5 rings (SSSR count). The quantitative estimate of drug-likeness (QED) is 0.396. The molecule has 4 atom stereocenters. The molecule has 3 aliphatic heterocycles. The molecule has 0 unspecified atom stereocenters. The molecule has 0 spiro atoms. The minimum absolute atomic E-state index is 0. The first-order valence-corrected chi connectivity index (χ1v) is 15.4. The van der Waals surface area contributed by atoms with E-state index in [4.69, 9.17) is 16.1 Å². The molecule has 174 valence electrons. The lowest BCUT2D eigenvalue weighted by atomic mass is 9.86. The number of fused-ring (bicyclic) bond motifs is 3. The van der Waals surface area contributed by atoms with E-state index in [1.807, 2.05) is 18.2 Å². The maximum absolute atomic E-state index is 13.5. The van der Waals surface area contributed by atoms with Gasteiger partial charge in [-0.15, -0.1) is 11.3 Å². The molecule has 0 N–H and O–H groups in total. The molecule has 3 fully saturated rings. The van der Waals surface area contributed by atoms with Crippen molar-refractivity contribution in [3.63, 3.8) is 0 Å². The minimum atomic E-state index is -0.926. The Morgan fingerprint density at radius 1 is 1.22 bits per heavy atom. The maximum atomic E-state index is 13.5. The average molecular weight is 561 g/mol. The lowest BCUT2D eigenvalue weighted by Gasteiger charge is -2.27. The number of halogens is 2. The molecule has 5 heterocycles. The van der Waals surface area contributed by atoms with Crippen molar-refractivity contribution in [2.45, 2.75) is 31.3 Å². The van der Waals surface area contributed by atoms with Crippen LogP contribution in [0.25, 0.3) is 10.6 Å². The number of imide groups is 1. The number of thiophene rings is 1. The molecule has 0 aromatic carbocycles. The van der Waals surface area contributed by atoms with Gasteiger partial charge in [0.25, 0.3) is 0 Å². The molecule has 0 bridgehead atoms. The molecule has 0 saturated carbocycles. The molecule has 0 aliphatic carbocycles. The Kier molecular flexibility index (Phi) is 6.92. The zero-order valence-electron chi connectivity index (χ0n) is 18.5. The number of hydrogen-bond acceptors (Lipinski definition) is 6. The van der Waals surface area contributed by atoms with E-state index in [9.17, 15) is 9.59 Å². The highest BCUT2D eigenvalue weighted by molar-refractivity contribution is 7.73. The van der Waals surface area contributed by atoms with Gasteiger partial charge in [0, 0.05) is 45.9 Å². The van der Waals surface area contributed by atoms with E-state index in [-0.39, 0.29) is 52.7 Å². The highest BCUT2D eigenvalue weighted by Crippen LogP contribution is 2.53. The summed E-state index contributed by atoms with van der Waals surface area (Å²) in [6.07, 6.45) is 3.99. The number of carbonyl (C=O) groups is 2. The monoisotopic (exact) mass is 559 g/mol. The van der Waals surface area contributed by atoms with Crippen molar-refractivity contribution < 1.29 is 31.1 Å². The van der Waals surface area contributed by atoms with Crippen LogP contribution in [0.1, 0.15) is 31.0 Å². The van der Waals surface area contributed by atoms with Crippen LogP contribution in [0.3, 0.4) is 0 Å². The number of amides is 2. The van der Waals surface area contributed by atoms with E-state index >= 15 is 0 Å². The number of hydrogen-bond donors (Lipinski definition) is 0. The lowest BCUT2D eigenvalue weighted by molar-refractivity contribution is -0.141. The third-order valence-electron chi connectivity index (χ3n) is 6.80. The van der Waals surface area contributed by atoms with Gasteiger partial charge < -0.3 is 21.5 Å². The zero-order valence-corrected chi connectivity index (χ0v) is 22.5. The third kappa shape index (κ3) is 4.22. The summed E-state index contributed by atoms with van der Waals surface area (Å²) < 4.78 is 6.33. The van der Waals surface area contributed by atoms with Crippen LogP contribution in [-0.2, 0) is 9.59 Å². The van der Waals surface area contributed by atoms with Gasteiger partial charge in [0.2, 0.25) is 11.8 Å². The van der Waals surface area contributed by atoms with E-state index in [1.54, 1.807) is 4.90 Å². The molecule has 0 radical (unpaired) electrons. The van der Waals surface area contributed by atoms with Crippen LogP contribution in [0, 0.1) is 11.8 Å². The molecular formula is C22H28BrClN3O3PS. The van der Waals surface area contributed by atoms with Gasteiger partial charge in [0.1, 0.15) is 5.69 Å². The van der Waals surface area contributed by atoms with Gasteiger partial charge in [-0.25, -0.2) is 0 Å². The van der Waals surface area contributed by atoms with Gasteiger partial charge in [-0.3, -0.25) is 19.4 Å². The summed E-state index contributed by atoms with van der Waals surface area (Å²) in [4.78, 5) is 31.6. The van der Waals surface area contributed by atoms with Crippen molar-refractivity contribution >= 4 is 42.0 Å². The van der Waals surface area contributed by atoms with Gasteiger partial charge in [-0.2, -0.15) is 0 Å². The normalized spacial score (nSPS) is 27.7. The van der Waals surface area contributed by atoms with Crippen LogP contribution in [0.15, 0.2) is 22.7 Å². The van der Waals surface area contributed by atoms with Crippen LogP contribution in [0.5, 0.6) is 0 Å². The Morgan fingerprint density at radius 2 is 1.97 bits per heavy atom. The summed E-state index contributed by atoms with van der Waals surface area (Å²) in [7, 11) is -0.926. The Balaban J connectivity index is 0.00000245. The van der Waals surface area contributed by atoms with Crippen LogP contribution < -0.4 is 17.0 Å². The second-order valence-electron chi connectivity index (χ2n) is 9.86. The Morgan fingerprint density at radius 3 is 2.66 bits per heavy atom. The zero-order chi connectivity index (χ0) is 21.9. The predicted molar refractivity (Wildman–Crippen MR) is 125 cm³/mol. The van der Waals surface area contributed by atoms with E-state index in [0.29, 0.717) is 16.6 Å². The van der Waals surface area contributed by atoms with Crippen molar-refractivity contribution in [3.05, 3.63) is 28.2 Å². The van der Waals surface area contributed by atoms with Gasteiger partial charge in [-0.1, -0.05) is 16.8 Å². The van der Waals surface area contributed by atoms with Crippen LogP contribution in [-0.4, -0.2) is 72.1 Å². The summed E-state index contributed by atoms with van der Waals surface area (Å²) in [5.74, 6) is 0.0579. The first kappa shape index (κ1) is 24.3. The highest BCUT2D eigenvalue weighted by atomic mass is 79.9. The molecule has 2 amide bonds. The minimum Gasteiger partial charge on any atom is -1.00 e. The topological polar surface area (TPSA) is 66.7 Å². The average Bonchev–Trinajstić information content (AvgIpc) is 3.47. The molecule has 2 aromatic heterocycles. The summed E-state index contributed by atoms with van der Waals surface area (Å²) in [6, 6.07) is 5.61. The van der Waals surface area contributed by atoms with Gasteiger partial charge in [-0.05, 0) is 37.9 Å². The second-order valence-corrected chi connectivity index (χ2v) is 16.6. The van der Waals surface area contributed by atoms with Crippen LogP contribution in [0.4, 0.5) is 0 Å². The van der Waals surface area contributed by atoms with E-state index in [0.717, 1.165) is 42.5 Å². The predicted octanol–water partition coefficient (Wildman–Crippen LogP) is 1.48. The summed E-state index contributed by atoms with van der Waals surface area (Å²) in [5, 5.41) is 4.35. The van der Waals surface area contributed by atoms with Crippen molar-refractivity contribution in [1.29, 1.82) is 0 Å². The number of rotatable bonds is 6. The molecule has 32 heavy (non-hydrogen) atoms. The fourth-order valence-corrected chi connectivity index (χ4v) is 7.61. The lowest BCUT2D eigenvalue weighted by Crippen LogP contribution is -3.00. The van der Waals surface area contributed by atoms with Crippen molar-refractivity contribution in [2.75, 3.05) is 39.2 Å². The summed E-state index contributed by atoms with van der Waals surface area (Å²) >= 11 is 7.51. The van der Waals surface area contributed by atoms with E-state index < -0.39 is 7.26 Å². The molecule has 3 aliphatic rings. The van der Waals surface area contributed by atoms with Gasteiger partial charge in [0.15, 0.2) is 5.76 Å². The molecule has 6 nitrogen and oxygen atoms in total. The molecular weight excluding hydrogens is 533 g/mol. The number of carbonyl (C=O) groups excluding carboxylic acids is 2. The van der Waals surface area contributed by atoms with Gasteiger partial charge >= 0.3 is 0 Å². The Labute approximate surface area is 208 Å². The Hall–Kier alpha value is -0.790. The fraction of sp³-hybridized carbons (Fsp3) is 0.591. The van der Waals surface area contributed by atoms with Crippen molar-refractivity contribution in [2.24, 2.45) is 11.8 Å². The molecule has 2 aromatic rings. The SMILES string of the molecule is C[P+](C)(C)CCCN1C(=O)[C@@H]2[C@H](C1=O)[C@H](c1cc(-c3ccc(Cl)s3)on1)N1CCC[C@@H]21.[Br-]. The molecule has 3 saturated heterocycles. The number of aromatic nitrogens is 1. The standard InChI is InChI=1S/C22H28ClN3O3PS.BrH/c1-30(2,3)11-5-10-26-21(27)18-14-6-4-9-25(14)20(19(18)22(26)28)13-12-15(29-24-13)16-7-8-17(23)31-16;/h7-8,12,14,18-20H,4-6,9-11H2,1-3H3;1H/q+1;/p-1/t14-,18-,19-,20-;/m0./s1. The Bertz CT molecular complexity index is 1020. The van der Waals surface area contributed by atoms with Crippen LogP contribution >= 0.6 is 30.2 Å². The second kappa shape index (κ2) is 9.10. The highest BCUT2D eigenvalue weighted by Gasteiger charge is 2.63. The van der Waals surface area contributed by atoms with E-state index in [1.165, 1.54) is 11.3 Å². The number of likely N-dealkylation sites (tertiary alicyclic amines) is 1. The van der Waals surface area contributed by atoms with E-state index in [2.05, 4.69) is 30.1 Å². The fourth-order valence-electron chi connectivity index (χ4n) is 5.53. The summed E-state index contributed by atoms with van der Waals surface area (Å²) in [5.41, 5.74) is 0.752. The smallest absolute Gasteiger partial charge is 0.235 e. The van der Waals surface area contributed by atoms with Crippen molar-refractivity contribution in [1.82, 2.24) is 15.0 Å². The largest absolute Gasteiger partial charge is 1.00 e. The first-order valence-electron chi connectivity index (χ1n) is 10.9. The third-order valence-corrected chi connectivity index (χ3v) is 9.71. The summed E-state index contributed by atoms with van der Waals surface area (Å²) in [6.45, 7) is 8.32. The van der Waals surface area contributed by atoms with Crippen molar-refractivity contribution in [3.8, 4) is 10.6 Å². The first-order chi connectivity index (χ1) is 14.7.